The molecule has 5 rings (SSSR count). The largest absolute Gasteiger partial charge is 0.382 e. The minimum Gasteiger partial charge on any atom is -0.382 e. The molecule has 2 aliphatic rings. The number of allylic oxidation sites excluding steroid dienone is 1. The Balaban J connectivity index is 1.18. The van der Waals surface area contributed by atoms with Gasteiger partial charge in [-0.15, -0.1) is 0 Å². The van der Waals surface area contributed by atoms with E-state index >= 15 is 0 Å². The van der Waals surface area contributed by atoms with Crippen molar-refractivity contribution in [2.45, 2.75) is 43.0 Å². The highest BCUT2D eigenvalue weighted by molar-refractivity contribution is 7.97. The van der Waals surface area contributed by atoms with Crippen molar-refractivity contribution in [3.05, 3.63) is 48.1 Å². The summed E-state index contributed by atoms with van der Waals surface area (Å²) in [4.78, 5) is 14.1. The molecular formula is C21H24N6S. The Kier molecular flexibility index (Phi) is 4.78. The fraction of sp³-hybridized carbons (Fsp3) is 0.381. The number of nitrogens with one attached hydrogen (secondary N) is 1. The topological polar surface area (TPSA) is 81.7 Å². The number of aromatic nitrogens is 4. The molecule has 2 atom stereocenters. The van der Waals surface area contributed by atoms with Crippen LogP contribution in [-0.4, -0.2) is 26.1 Å². The van der Waals surface area contributed by atoms with E-state index in [1.807, 2.05) is 6.33 Å². The highest BCUT2D eigenvalue weighted by atomic mass is 32.2. The van der Waals surface area contributed by atoms with Crippen molar-refractivity contribution < 1.29 is 0 Å². The third-order valence-corrected chi connectivity index (χ3v) is 6.65. The maximum Gasteiger partial charge on any atom is 0.165 e. The van der Waals surface area contributed by atoms with Crippen molar-refractivity contribution >= 4 is 35.0 Å². The van der Waals surface area contributed by atoms with Gasteiger partial charge in [-0.3, -0.25) is 4.72 Å². The Morgan fingerprint density at radius 3 is 3.14 bits per heavy atom. The average molecular weight is 393 g/mol. The number of hydrogen-bond acceptors (Lipinski definition) is 6. The van der Waals surface area contributed by atoms with Crippen molar-refractivity contribution in [2.24, 2.45) is 5.92 Å². The number of anilines is 1. The second kappa shape index (κ2) is 7.56. The number of nitrogens with zero attached hydrogens (tertiary/aromatic N) is 4. The number of hydrogen-bond donors (Lipinski definition) is 2. The maximum atomic E-state index is 5.92. The van der Waals surface area contributed by atoms with Crippen LogP contribution in [0.25, 0.3) is 17.2 Å². The van der Waals surface area contributed by atoms with E-state index < -0.39 is 0 Å². The zero-order valence-electron chi connectivity index (χ0n) is 15.7. The Morgan fingerprint density at radius 1 is 1.21 bits per heavy atom. The number of benzene rings is 1. The number of nitrogens with two attached hydrogens (primary N) is 1. The number of fused-ring (bicyclic) bond motifs is 2. The third kappa shape index (κ3) is 3.40. The zero-order chi connectivity index (χ0) is 18.9. The van der Waals surface area contributed by atoms with Crippen LogP contribution in [0.3, 0.4) is 0 Å². The molecule has 1 fully saturated rings. The molecule has 28 heavy (non-hydrogen) atoms. The highest BCUT2D eigenvalue weighted by Gasteiger charge is 2.27. The first-order valence-corrected chi connectivity index (χ1v) is 10.7. The molecule has 3 N–H and O–H groups in total. The molecular weight excluding hydrogens is 368 g/mol. The lowest BCUT2D eigenvalue weighted by atomic mass is 9.98. The van der Waals surface area contributed by atoms with Crippen LogP contribution < -0.4 is 10.5 Å². The monoisotopic (exact) mass is 392 g/mol. The van der Waals surface area contributed by atoms with Crippen molar-refractivity contribution in [3.63, 3.8) is 0 Å². The minimum absolute atomic E-state index is 0.435. The molecule has 2 aliphatic carbocycles. The Bertz CT molecular complexity index is 1030. The van der Waals surface area contributed by atoms with E-state index in [0.717, 1.165) is 37.9 Å². The minimum atomic E-state index is 0.435. The fourth-order valence-corrected chi connectivity index (χ4v) is 5.14. The van der Waals surface area contributed by atoms with E-state index in [2.05, 4.69) is 54.6 Å². The van der Waals surface area contributed by atoms with Crippen LogP contribution in [0, 0.1) is 5.92 Å². The van der Waals surface area contributed by atoms with E-state index in [9.17, 15) is 0 Å². The van der Waals surface area contributed by atoms with Crippen molar-refractivity contribution in [1.29, 1.82) is 0 Å². The standard InChI is InChI=1S/C21H24N6S/c22-20-19-21(24-12-23-20)27(13-25-19)17-7-5-14(9-17)11-26-28-18-8-6-15-3-1-2-4-16(15)10-18/h2,4,6,8,10,12-14,17,26H,1,3,5,7,9,11H2,(H2,22,23,24). The molecule has 0 radical (unpaired) electrons. The van der Waals surface area contributed by atoms with Crippen LogP contribution in [0.15, 0.2) is 41.8 Å². The molecule has 7 heteroatoms. The normalized spacial score (nSPS) is 21.3. The molecule has 3 aromatic rings. The Labute approximate surface area is 168 Å². The molecule has 1 aromatic carbocycles. The molecule has 2 unspecified atom stereocenters. The summed E-state index contributed by atoms with van der Waals surface area (Å²) in [6.07, 6.45) is 13.7. The van der Waals surface area contributed by atoms with Gasteiger partial charge in [0.2, 0.25) is 0 Å². The van der Waals surface area contributed by atoms with Crippen LogP contribution in [0.5, 0.6) is 0 Å². The highest BCUT2D eigenvalue weighted by Crippen LogP contribution is 2.36. The average Bonchev–Trinajstić information content (AvgIpc) is 3.35. The van der Waals surface area contributed by atoms with Gasteiger partial charge in [-0.1, -0.05) is 18.2 Å². The van der Waals surface area contributed by atoms with Crippen LogP contribution in [-0.2, 0) is 6.42 Å². The summed E-state index contributed by atoms with van der Waals surface area (Å²) in [6.45, 7) is 1.01. The van der Waals surface area contributed by atoms with Crippen molar-refractivity contribution in [2.75, 3.05) is 12.3 Å². The molecule has 0 spiro atoms. The van der Waals surface area contributed by atoms with Crippen LogP contribution in [0.4, 0.5) is 5.82 Å². The quantitative estimate of drug-likeness (QED) is 0.639. The number of imidazole rings is 1. The lowest BCUT2D eigenvalue weighted by molar-refractivity contribution is 0.482. The maximum absolute atomic E-state index is 5.92. The van der Waals surface area contributed by atoms with Gasteiger partial charge in [0.05, 0.1) is 6.33 Å². The molecule has 144 valence electrons. The van der Waals surface area contributed by atoms with E-state index in [1.54, 1.807) is 11.9 Å². The molecule has 0 aliphatic heterocycles. The Morgan fingerprint density at radius 2 is 2.18 bits per heavy atom. The van der Waals surface area contributed by atoms with Gasteiger partial charge in [-0.2, -0.15) is 0 Å². The lowest BCUT2D eigenvalue weighted by Crippen LogP contribution is -2.15. The summed E-state index contributed by atoms with van der Waals surface area (Å²) in [7, 11) is 0. The third-order valence-electron chi connectivity index (χ3n) is 5.85. The first kappa shape index (κ1) is 17.7. The summed E-state index contributed by atoms with van der Waals surface area (Å²) in [6, 6.07) is 7.23. The fourth-order valence-electron chi connectivity index (χ4n) is 4.34. The second-order valence-electron chi connectivity index (χ2n) is 7.67. The van der Waals surface area contributed by atoms with E-state index in [-0.39, 0.29) is 0 Å². The van der Waals surface area contributed by atoms with Crippen molar-refractivity contribution in [1.82, 2.24) is 24.2 Å². The molecule has 2 aromatic heterocycles. The van der Waals surface area contributed by atoms with Gasteiger partial charge < -0.3 is 10.3 Å². The number of nitrogen functional groups attached to an aromatic ring is 1. The zero-order valence-corrected chi connectivity index (χ0v) is 16.5. The Hall–Kier alpha value is -2.38. The number of rotatable bonds is 5. The molecule has 6 nitrogen and oxygen atoms in total. The van der Waals surface area contributed by atoms with Crippen LogP contribution in [0.2, 0.25) is 0 Å². The first-order chi connectivity index (χ1) is 13.8. The van der Waals surface area contributed by atoms with Gasteiger partial charge >= 0.3 is 0 Å². The molecule has 1 saturated carbocycles. The van der Waals surface area contributed by atoms with Crippen LogP contribution >= 0.6 is 11.9 Å². The molecule has 0 amide bonds. The second-order valence-corrected chi connectivity index (χ2v) is 8.63. The SMILES string of the molecule is Nc1ncnc2c1ncn2C1CCC(CNSc2ccc3c(c2)C=CCC3)C1. The van der Waals surface area contributed by atoms with Gasteiger partial charge in [0.15, 0.2) is 11.5 Å². The van der Waals surface area contributed by atoms with E-state index in [1.165, 1.54) is 28.8 Å². The first-order valence-electron chi connectivity index (χ1n) is 9.90. The number of aryl methyl sites for hydroxylation is 1. The molecule has 2 heterocycles. The molecule has 0 bridgehead atoms. The van der Waals surface area contributed by atoms with Crippen LogP contribution in [0.1, 0.15) is 42.9 Å². The van der Waals surface area contributed by atoms with Gasteiger partial charge in [0.1, 0.15) is 11.8 Å². The van der Waals surface area contributed by atoms with Gasteiger partial charge in [-0.25, -0.2) is 15.0 Å². The summed E-state index contributed by atoms with van der Waals surface area (Å²) < 4.78 is 5.76. The van der Waals surface area contributed by atoms with E-state index in [4.69, 9.17) is 5.73 Å². The van der Waals surface area contributed by atoms with Crippen molar-refractivity contribution in [3.8, 4) is 0 Å². The summed E-state index contributed by atoms with van der Waals surface area (Å²) in [5, 5.41) is 0. The summed E-state index contributed by atoms with van der Waals surface area (Å²) >= 11 is 1.74. The van der Waals surface area contributed by atoms with E-state index in [0.29, 0.717) is 23.3 Å². The molecule has 0 saturated heterocycles. The summed E-state index contributed by atoms with van der Waals surface area (Å²) in [5.41, 5.74) is 10.3. The van der Waals surface area contributed by atoms with Gasteiger partial charge in [0, 0.05) is 17.5 Å². The smallest absolute Gasteiger partial charge is 0.165 e. The predicted octanol–water partition coefficient (Wildman–Crippen LogP) is 4.01. The van der Waals surface area contributed by atoms with Gasteiger partial charge in [-0.05, 0) is 73.2 Å². The summed E-state index contributed by atoms with van der Waals surface area (Å²) in [5.74, 6) is 1.11. The lowest BCUT2D eigenvalue weighted by Gasteiger charge is -2.15. The van der Waals surface area contributed by atoms with Gasteiger partial charge in [0.25, 0.3) is 0 Å². The predicted molar refractivity (Wildman–Crippen MR) is 114 cm³/mol.